The molecule has 2 N–H and O–H groups in total. The van der Waals surface area contributed by atoms with E-state index < -0.39 is 0 Å². The highest BCUT2D eigenvalue weighted by Crippen LogP contribution is 2.21. The Morgan fingerprint density at radius 3 is 2.61 bits per heavy atom. The van der Waals surface area contributed by atoms with Gasteiger partial charge in [-0.1, -0.05) is 30.3 Å². The largest absolute Gasteiger partial charge is 0.369 e. The van der Waals surface area contributed by atoms with Crippen molar-refractivity contribution in [3.05, 3.63) is 35.9 Å². The summed E-state index contributed by atoms with van der Waals surface area (Å²) >= 11 is 0. The highest BCUT2D eigenvalue weighted by molar-refractivity contribution is 5.78. The van der Waals surface area contributed by atoms with Crippen LogP contribution in [0.3, 0.4) is 0 Å². The second kappa shape index (κ2) is 6.06. The Bertz CT molecular complexity index is 439. The van der Waals surface area contributed by atoms with Crippen molar-refractivity contribution in [3.63, 3.8) is 0 Å². The van der Waals surface area contributed by atoms with E-state index in [4.69, 9.17) is 11.0 Å². The van der Waals surface area contributed by atoms with Crippen molar-refractivity contribution in [3.8, 4) is 6.19 Å². The summed E-state index contributed by atoms with van der Waals surface area (Å²) in [5, 5.41) is 8.47. The average Bonchev–Trinajstić information content (AvgIpc) is 2.41. The van der Waals surface area contributed by atoms with Crippen LogP contribution in [0.1, 0.15) is 18.4 Å². The second-order valence-electron chi connectivity index (χ2n) is 4.69. The molecule has 1 aromatic rings. The smallest absolute Gasteiger partial charge is 0.209 e. The normalized spacial score (nSPS) is 17.5. The summed E-state index contributed by atoms with van der Waals surface area (Å²) < 4.78 is 0. The van der Waals surface area contributed by atoms with Crippen LogP contribution in [0.25, 0.3) is 0 Å². The molecule has 0 spiro atoms. The van der Waals surface area contributed by atoms with E-state index in [1.54, 1.807) is 6.19 Å². The number of rotatable bonds is 2. The summed E-state index contributed by atoms with van der Waals surface area (Å²) in [5.41, 5.74) is 7.11. The highest BCUT2D eigenvalue weighted by atomic mass is 15.2. The minimum atomic E-state index is 0.357. The fourth-order valence-electron chi connectivity index (χ4n) is 2.44. The molecular formula is C14H18N4. The van der Waals surface area contributed by atoms with Crippen LogP contribution in [0.4, 0.5) is 0 Å². The number of nitriles is 1. The van der Waals surface area contributed by atoms with Crippen LogP contribution >= 0.6 is 0 Å². The van der Waals surface area contributed by atoms with Crippen LogP contribution in [0.5, 0.6) is 0 Å². The summed E-state index contributed by atoms with van der Waals surface area (Å²) in [5.74, 6) is 1.06. The Hall–Kier alpha value is -2.02. The molecule has 94 valence electrons. The van der Waals surface area contributed by atoms with Crippen molar-refractivity contribution in [2.75, 3.05) is 13.1 Å². The zero-order valence-corrected chi connectivity index (χ0v) is 10.4. The predicted octanol–water partition coefficient (Wildman–Crippen LogP) is 1.74. The standard InChI is InChI=1S/C14H18N4/c15-11-17-14(16)18-8-6-13(7-9-18)10-12-4-2-1-3-5-12/h1-5,13H,6-10H2,(H2,16,17). The summed E-state index contributed by atoms with van der Waals surface area (Å²) in [4.78, 5) is 5.57. The number of guanidine groups is 1. The molecule has 0 bridgehead atoms. The molecule has 1 fully saturated rings. The lowest BCUT2D eigenvalue weighted by atomic mass is 9.90. The third-order valence-electron chi connectivity index (χ3n) is 3.47. The van der Waals surface area contributed by atoms with E-state index in [-0.39, 0.29) is 0 Å². The Morgan fingerprint density at radius 1 is 1.33 bits per heavy atom. The molecule has 0 radical (unpaired) electrons. The van der Waals surface area contributed by atoms with E-state index in [2.05, 4.69) is 29.3 Å². The molecule has 18 heavy (non-hydrogen) atoms. The van der Waals surface area contributed by atoms with Gasteiger partial charge in [-0.25, -0.2) is 0 Å². The maximum absolute atomic E-state index is 8.47. The van der Waals surface area contributed by atoms with Gasteiger partial charge >= 0.3 is 0 Å². The van der Waals surface area contributed by atoms with E-state index in [1.807, 2.05) is 11.0 Å². The number of nitrogens with two attached hydrogens (primary N) is 1. The van der Waals surface area contributed by atoms with E-state index in [1.165, 1.54) is 5.56 Å². The van der Waals surface area contributed by atoms with Crippen LogP contribution < -0.4 is 5.73 Å². The maximum atomic E-state index is 8.47. The van der Waals surface area contributed by atoms with E-state index >= 15 is 0 Å². The summed E-state index contributed by atoms with van der Waals surface area (Å²) in [6.07, 6.45) is 5.08. The molecule has 4 heteroatoms. The Morgan fingerprint density at radius 2 is 2.00 bits per heavy atom. The topological polar surface area (TPSA) is 65.4 Å². The lowest BCUT2D eigenvalue weighted by molar-refractivity contribution is 0.263. The van der Waals surface area contributed by atoms with Crippen molar-refractivity contribution in [2.45, 2.75) is 19.3 Å². The molecule has 1 aromatic carbocycles. The molecule has 0 aliphatic carbocycles. The van der Waals surface area contributed by atoms with E-state index in [9.17, 15) is 0 Å². The van der Waals surface area contributed by atoms with Gasteiger partial charge in [-0.3, -0.25) is 0 Å². The van der Waals surface area contributed by atoms with Gasteiger partial charge in [0, 0.05) is 13.1 Å². The average molecular weight is 242 g/mol. The molecule has 1 heterocycles. The van der Waals surface area contributed by atoms with Gasteiger partial charge in [0.15, 0.2) is 0 Å². The summed E-state index contributed by atoms with van der Waals surface area (Å²) in [6.45, 7) is 1.79. The van der Waals surface area contributed by atoms with E-state index in [0.29, 0.717) is 11.9 Å². The quantitative estimate of drug-likeness (QED) is 0.488. The number of hydrogen-bond acceptors (Lipinski definition) is 2. The molecule has 0 atom stereocenters. The summed E-state index contributed by atoms with van der Waals surface area (Å²) in [6, 6.07) is 10.6. The van der Waals surface area contributed by atoms with Crippen LogP contribution in [0, 0.1) is 17.4 Å². The zero-order chi connectivity index (χ0) is 12.8. The van der Waals surface area contributed by atoms with Gasteiger partial charge in [0.1, 0.15) is 0 Å². The molecule has 1 saturated heterocycles. The summed E-state index contributed by atoms with van der Waals surface area (Å²) in [7, 11) is 0. The molecule has 0 amide bonds. The SMILES string of the molecule is N#CN=C(N)N1CCC(Cc2ccccc2)CC1. The first kappa shape index (κ1) is 12.4. The monoisotopic (exact) mass is 242 g/mol. The third-order valence-corrected chi connectivity index (χ3v) is 3.47. The van der Waals surface area contributed by atoms with Crippen molar-refractivity contribution in [2.24, 2.45) is 16.6 Å². The number of aliphatic imine (C=N–C) groups is 1. The lowest BCUT2D eigenvalue weighted by Gasteiger charge is -2.32. The first-order chi connectivity index (χ1) is 8.79. The van der Waals surface area contributed by atoms with Gasteiger partial charge in [0.05, 0.1) is 0 Å². The number of nitrogens with zero attached hydrogens (tertiary/aromatic N) is 3. The lowest BCUT2D eigenvalue weighted by Crippen LogP contribution is -2.43. The molecule has 4 nitrogen and oxygen atoms in total. The molecule has 1 aliphatic rings. The first-order valence-electron chi connectivity index (χ1n) is 6.30. The van der Waals surface area contributed by atoms with Gasteiger partial charge < -0.3 is 10.6 Å². The van der Waals surface area contributed by atoms with Crippen molar-refractivity contribution in [1.82, 2.24) is 4.90 Å². The van der Waals surface area contributed by atoms with Crippen LogP contribution in [0.15, 0.2) is 35.3 Å². The minimum absolute atomic E-state index is 0.357. The van der Waals surface area contributed by atoms with Gasteiger partial charge in [-0.2, -0.15) is 5.26 Å². The molecular weight excluding hydrogens is 224 g/mol. The van der Waals surface area contributed by atoms with Crippen LogP contribution in [-0.4, -0.2) is 23.9 Å². The molecule has 0 unspecified atom stereocenters. The number of piperidine rings is 1. The number of hydrogen-bond donors (Lipinski definition) is 1. The molecule has 1 aliphatic heterocycles. The van der Waals surface area contributed by atoms with Crippen molar-refractivity contribution in [1.29, 1.82) is 5.26 Å². The highest BCUT2D eigenvalue weighted by Gasteiger charge is 2.20. The molecule has 0 aromatic heterocycles. The fraction of sp³-hybridized carbons (Fsp3) is 0.429. The third kappa shape index (κ3) is 3.24. The minimum Gasteiger partial charge on any atom is -0.369 e. The Kier molecular flexibility index (Phi) is 4.19. The number of benzene rings is 1. The molecule has 0 saturated carbocycles. The zero-order valence-electron chi connectivity index (χ0n) is 10.4. The first-order valence-corrected chi connectivity index (χ1v) is 6.30. The fourth-order valence-corrected chi connectivity index (χ4v) is 2.44. The Labute approximate surface area is 108 Å². The van der Waals surface area contributed by atoms with Gasteiger partial charge in [0.25, 0.3) is 0 Å². The van der Waals surface area contributed by atoms with Crippen molar-refractivity contribution >= 4 is 5.96 Å². The van der Waals surface area contributed by atoms with Gasteiger partial charge in [-0.15, -0.1) is 4.99 Å². The number of likely N-dealkylation sites (tertiary alicyclic amines) is 1. The van der Waals surface area contributed by atoms with E-state index in [0.717, 1.165) is 32.4 Å². The van der Waals surface area contributed by atoms with Crippen LogP contribution in [0.2, 0.25) is 0 Å². The second-order valence-corrected chi connectivity index (χ2v) is 4.69. The Balaban J connectivity index is 1.84. The predicted molar refractivity (Wildman–Crippen MR) is 71.7 cm³/mol. The molecule has 2 rings (SSSR count). The van der Waals surface area contributed by atoms with Gasteiger partial charge in [-0.05, 0) is 30.7 Å². The maximum Gasteiger partial charge on any atom is 0.209 e. The van der Waals surface area contributed by atoms with Crippen LogP contribution in [-0.2, 0) is 6.42 Å². The van der Waals surface area contributed by atoms with Crippen molar-refractivity contribution < 1.29 is 0 Å². The van der Waals surface area contributed by atoms with Gasteiger partial charge in [0.2, 0.25) is 12.2 Å².